The summed E-state index contributed by atoms with van der Waals surface area (Å²) in [6, 6.07) is 7.19. The molecule has 1 aromatic carbocycles. The number of aromatic nitrogens is 4. The minimum Gasteiger partial charge on any atom is -0.470 e. The van der Waals surface area contributed by atoms with E-state index >= 15 is 0 Å². The van der Waals surface area contributed by atoms with Gasteiger partial charge in [0.15, 0.2) is 6.73 Å². The molecule has 0 aliphatic rings. The molecule has 0 radical (unpaired) electrons. The number of carbonyl (C=O) groups excluding carboxylic acids is 1. The van der Waals surface area contributed by atoms with Crippen molar-refractivity contribution in [2.45, 2.75) is 26.6 Å². The predicted octanol–water partition coefficient (Wildman–Crippen LogP) is 3.55. The lowest BCUT2D eigenvalue weighted by Crippen LogP contribution is -2.26. The summed E-state index contributed by atoms with van der Waals surface area (Å²) >= 11 is 11.9. The summed E-state index contributed by atoms with van der Waals surface area (Å²) in [5.74, 6) is 0.345. The molecule has 0 saturated carbocycles. The molecule has 9 heteroatoms. The standard InChI is InChI=1S/C18H19Cl2N5O2/c1-13-3-4-15(20)17(9-13)27-12-25-8-5-16(23-25)18(26)21-6-2-7-24-11-14(19)10-22-24/h3-5,8-11H,2,6-7,12H2,1H3,(H,21,26). The Morgan fingerprint density at radius 3 is 2.89 bits per heavy atom. The average Bonchev–Trinajstić information content (AvgIpc) is 3.28. The highest BCUT2D eigenvalue weighted by atomic mass is 35.5. The van der Waals surface area contributed by atoms with Crippen LogP contribution in [0.3, 0.4) is 0 Å². The maximum atomic E-state index is 12.2. The number of nitrogens with zero attached hydrogens (tertiary/aromatic N) is 4. The molecular formula is C18H19Cl2N5O2. The highest BCUT2D eigenvalue weighted by Crippen LogP contribution is 2.25. The minimum absolute atomic E-state index is 0.163. The van der Waals surface area contributed by atoms with Crippen LogP contribution in [0.4, 0.5) is 0 Å². The average molecular weight is 408 g/mol. The first kappa shape index (κ1) is 19.3. The van der Waals surface area contributed by atoms with Gasteiger partial charge in [0.05, 0.1) is 16.2 Å². The van der Waals surface area contributed by atoms with Crippen molar-refractivity contribution in [3.63, 3.8) is 0 Å². The zero-order chi connectivity index (χ0) is 19.2. The first-order valence-corrected chi connectivity index (χ1v) is 9.15. The third-order valence-electron chi connectivity index (χ3n) is 3.76. The van der Waals surface area contributed by atoms with E-state index in [9.17, 15) is 4.79 Å². The summed E-state index contributed by atoms with van der Waals surface area (Å²) in [7, 11) is 0. The summed E-state index contributed by atoms with van der Waals surface area (Å²) in [6.07, 6.45) is 5.74. The van der Waals surface area contributed by atoms with Crippen LogP contribution in [-0.4, -0.2) is 32.0 Å². The zero-order valence-electron chi connectivity index (χ0n) is 14.7. The highest BCUT2D eigenvalue weighted by molar-refractivity contribution is 6.32. The Hall–Kier alpha value is -2.51. The molecule has 0 aliphatic carbocycles. The Morgan fingerprint density at radius 2 is 2.11 bits per heavy atom. The van der Waals surface area contributed by atoms with Crippen molar-refractivity contribution in [3.8, 4) is 5.75 Å². The van der Waals surface area contributed by atoms with Crippen molar-refractivity contribution >= 4 is 29.1 Å². The molecular weight excluding hydrogens is 389 g/mol. The van der Waals surface area contributed by atoms with E-state index in [1.54, 1.807) is 40.1 Å². The first-order valence-electron chi connectivity index (χ1n) is 8.40. The van der Waals surface area contributed by atoms with E-state index in [0.29, 0.717) is 34.6 Å². The molecule has 0 bridgehead atoms. The number of carbonyl (C=O) groups is 1. The smallest absolute Gasteiger partial charge is 0.271 e. The summed E-state index contributed by atoms with van der Waals surface area (Å²) < 4.78 is 8.94. The van der Waals surface area contributed by atoms with E-state index in [1.807, 2.05) is 19.1 Å². The largest absolute Gasteiger partial charge is 0.470 e. The molecule has 27 heavy (non-hydrogen) atoms. The number of aryl methyl sites for hydroxylation is 2. The minimum atomic E-state index is -0.235. The number of halogens is 2. The van der Waals surface area contributed by atoms with Gasteiger partial charge in [-0.2, -0.15) is 10.2 Å². The predicted molar refractivity (Wildman–Crippen MR) is 103 cm³/mol. The quantitative estimate of drug-likeness (QED) is 0.579. The van der Waals surface area contributed by atoms with Crippen molar-refractivity contribution < 1.29 is 9.53 Å². The molecule has 0 aliphatic heterocycles. The van der Waals surface area contributed by atoms with Gasteiger partial charge in [-0.15, -0.1) is 0 Å². The van der Waals surface area contributed by atoms with Crippen LogP contribution in [0.5, 0.6) is 5.75 Å². The number of amides is 1. The monoisotopic (exact) mass is 407 g/mol. The van der Waals surface area contributed by atoms with Gasteiger partial charge in [0.25, 0.3) is 5.91 Å². The van der Waals surface area contributed by atoms with Gasteiger partial charge >= 0.3 is 0 Å². The summed E-state index contributed by atoms with van der Waals surface area (Å²) in [6.45, 7) is 3.31. The van der Waals surface area contributed by atoms with Crippen LogP contribution in [0.1, 0.15) is 22.5 Å². The summed E-state index contributed by atoms with van der Waals surface area (Å²) in [4.78, 5) is 12.2. The van der Waals surface area contributed by atoms with Crippen molar-refractivity contribution in [1.29, 1.82) is 0 Å². The fourth-order valence-electron chi connectivity index (χ4n) is 2.41. The van der Waals surface area contributed by atoms with Crippen LogP contribution < -0.4 is 10.1 Å². The third-order valence-corrected chi connectivity index (χ3v) is 4.27. The van der Waals surface area contributed by atoms with Gasteiger partial charge in [-0.3, -0.25) is 9.48 Å². The second-order valence-electron chi connectivity index (χ2n) is 5.98. The number of rotatable bonds is 8. The van der Waals surface area contributed by atoms with Crippen molar-refractivity contribution in [1.82, 2.24) is 24.9 Å². The number of hydrogen-bond donors (Lipinski definition) is 1. The van der Waals surface area contributed by atoms with E-state index in [2.05, 4.69) is 15.5 Å². The van der Waals surface area contributed by atoms with E-state index in [0.717, 1.165) is 12.0 Å². The summed E-state index contributed by atoms with van der Waals surface area (Å²) in [5.41, 5.74) is 1.38. The molecule has 0 unspecified atom stereocenters. The van der Waals surface area contributed by atoms with E-state index < -0.39 is 0 Å². The number of hydrogen-bond acceptors (Lipinski definition) is 4. The van der Waals surface area contributed by atoms with Crippen LogP contribution in [0.25, 0.3) is 0 Å². The second-order valence-corrected chi connectivity index (χ2v) is 6.82. The maximum absolute atomic E-state index is 12.2. The normalized spacial score (nSPS) is 10.8. The SMILES string of the molecule is Cc1ccc(Cl)c(OCn2ccc(C(=O)NCCCn3cc(Cl)cn3)n2)c1. The molecule has 142 valence electrons. The van der Waals surface area contributed by atoms with Crippen LogP contribution >= 0.6 is 23.2 Å². The lowest BCUT2D eigenvalue weighted by Gasteiger charge is -2.08. The van der Waals surface area contributed by atoms with Gasteiger partial charge in [0.2, 0.25) is 0 Å². The molecule has 1 amide bonds. The molecule has 0 atom stereocenters. The molecule has 0 fully saturated rings. The molecule has 3 rings (SSSR count). The van der Waals surface area contributed by atoms with Crippen LogP contribution in [0.15, 0.2) is 42.9 Å². The van der Waals surface area contributed by atoms with E-state index in [-0.39, 0.29) is 12.6 Å². The van der Waals surface area contributed by atoms with Crippen molar-refractivity contribution in [2.24, 2.45) is 0 Å². The van der Waals surface area contributed by atoms with E-state index in [1.165, 1.54) is 0 Å². The van der Waals surface area contributed by atoms with Gasteiger partial charge in [0, 0.05) is 25.5 Å². The lowest BCUT2D eigenvalue weighted by molar-refractivity contribution is 0.0945. The topological polar surface area (TPSA) is 74.0 Å². The van der Waals surface area contributed by atoms with Crippen molar-refractivity contribution in [3.05, 3.63) is 64.2 Å². The lowest BCUT2D eigenvalue weighted by atomic mass is 10.2. The Balaban J connectivity index is 1.45. The molecule has 2 aromatic heterocycles. The highest BCUT2D eigenvalue weighted by Gasteiger charge is 2.10. The van der Waals surface area contributed by atoms with Gasteiger partial charge in [-0.1, -0.05) is 29.3 Å². The second kappa shape index (κ2) is 8.92. The molecule has 3 aromatic rings. The molecule has 7 nitrogen and oxygen atoms in total. The Kier molecular flexibility index (Phi) is 6.36. The van der Waals surface area contributed by atoms with Crippen molar-refractivity contribution in [2.75, 3.05) is 6.54 Å². The third kappa shape index (κ3) is 5.48. The van der Waals surface area contributed by atoms with Gasteiger partial charge in [-0.05, 0) is 37.1 Å². The molecule has 0 saturated heterocycles. The fourth-order valence-corrected chi connectivity index (χ4v) is 2.73. The molecule has 1 N–H and O–H groups in total. The van der Waals surface area contributed by atoms with Crippen LogP contribution in [-0.2, 0) is 13.3 Å². The zero-order valence-corrected chi connectivity index (χ0v) is 16.2. The number of ether oxygens (including phenoxy) is 1. The fraction of sp³-hybridized carbons (Fsp3) is 0.278. The van der Waals surface area contributed by atoms with Gasteiger partial charge < -0.3 is 10.1 Å². The van der Waals surface area contributed by atoms with E-state index in [4.69, 9.17) is 27.9 Å². The number of nitrogens with one attached hydrogen (secondary N) is 1. The first-order chi connectivity index (χ1) is 13.0. The molecule has 0 spiro atoms. The van der Waals surface area contributed by atoms with Crippen LogP contribution in [0.2, 0.25) is 10.0 Å². The number of benzene rings is 1. The Morgan fingerprint density at radius 1 is 1.26 bits per heavy atom. The maximum Gasteiger partial charge on any atom is 0.271 e. The molecule has 2 heterocycles. The van der Waals surface area contributed by atoms with Gasteiger partial charge in [-0.25, -0.2) is 4.68 Å². The summed E-state index contributed by atoms with van der Waals surface area (Å²) in [5, 5.41) is 12.3. The van der Waals surface area contributed by atoms with Gasteiger partial charge in [0.1, 0.15) is 11.4 Å². The van der Waals surface area contributed by atoms with Crippen LogP contribution in [0, 0.1) is 6.92 Å². The Labute approximate surface area is 166 Å². The Bertz CT molecular complexity index is 922.